The molecule has 0 saturated carbocycles. The van der Waals surface area contributed by atoms with Crippen molar-refractivity contribution in [3.63, 3.8) is 0 Å². The summed E-state index contributed by atoms with van der Waals surface area (Å²) in [4.78, 5) is 20.9. The predicted molar refractivity (Wildman–Crippen MR) is 53.7 cm³/mol. The minimum Gasteiger partial charge on any atom is -0.478 e. The first-order chi connectivity index (χ1) is 7.04. The van der Waals surface area contributed by atoms with Crippen molar-refractivity contribution in [1.82, 2.24) is 0 Å². The van der Waals surface area contributed by atoms with Crippen LogP contribution in [0.4, 0.5) is 0 Å². The fourth-order valence-corrected chi connectivity index (χ4v) is 0.856. The van der Waals surface area contributed by atoms with Gasteiger partial charge in [-0.25, -0.2) is 9.59 Å². The zero-order chi connectivity index (χ0) is 11.8. The summed E-state index contributed by atoms with van der Waals surface area (Å²) in [6.07, 6.45) is 0. The Labute approximate surface area is 85.8 Å². The van der Waals surface area contributed by atoms with E-state index in [1.807, 2.05) is 0 Å². The number of nitrogens with one attached hydrogen (secondary N) is 1. The third-order valence-electron chi connectivity index (χ3n) is 1.39. The standard InChI is InChI=1S/C8H6O4.C2H3N/c9-7(10)5-3-1-2-4-6(5)8(11)12;1-2-3/h1-4H,(H,9,10)(H,11,12);3H,1H2. The zero-order valence-electron chi connectivity index (χ0n) is 7.73. The monoisotopic (exact) mass is 207 g/mol. The Morgan fingerprint density at radius 2 is 1.40 bits per heavy atom. The molecular formula is C10H9NO4. The van der Waals surface area contributed by atoms with Crippen molar-refractivity contribution in [2.45, 2.75) is 0 Å². The van der Waals surface area contributed by atoms with E-state index in [4.69, 9.17) is 15.6 Å². The Hall–Kier alpha value is -2.39. The largest absolute Gasteiger partial charge is 0.478 e. The van der Waals surface area contributed by atoms with Crippen LogP contribution >= 0.6 is 0 Å². The van der Waals surface area contributed by atoms with Crippen molar-refractivity contribution in [3.05, 3.63) is 42.0 Å². The Balaban J connectivity index is 0.000000583. The second-order valence-corrected chi connectivity index (χ2v) is 2.33. The molecule has 0 spiro atoms. The third-order valence-corrected chi connectivity index (χ3v) is 1.39. The lowest BCUT2D eigenvalue weighted by atomic mass is 10.1. The first-order valence-corrected chi connectivity index (χ1v) is 3.79. The van der Waals surface area contributed by atoms with Gasteiger partial charge in [-0.2, -0.15) is 0 Å². The van der Waals surface area contributed by atoms with Gasteiger partial charge in [-0.1, -0.05) is 12.1 Å². The molecule has 1 aromatic rings. The van der Waals surface area contributed by atoms with Crippen LogP contribution in [-0.4, -0.2) is 28.0 Å². The molecule has 0 unspecified atom stereocenters. The predicted octanol–water partition coefficient (Wildman–Crippen LogP) is 1.50. The normalized spacial score (nSPS) is 8.00. The van der Waals surface area contributed by atoms with Crippen LogP contribution in [-0.2, 0) is 0 Å². The molecule has 0 radical (unpaired) electrons. The van der Waals surface area contributed by atoms with Crippen molar-refractivity contribution >= 4 is 17.8 Å². The molecular weight excluding hydrogens is 198 g/mol. The van der Waals surface area contributed by atoms with Crippen LogP contribution in [0.25, 0.3) is 0 Å². The third kappa shape index (κ3) is 3.89. The van der Waals surface area contributed by atoms with Gasteiger partial charge < -0.3 is 10.2 Å². The minimum absolute atomic E-state index is 0.190. The highest BCUT2D eigenvalue weighted by atomic mass is 16.4. The van der Waals surface area contributed by atoms with Gasteiger partial charge in [0.25, 0.3) is 0 Å². The Kier molecular flexibility index (Phi) is 5.15. The number of rotatable bonds is 2. The molecule has 0 fully saturated rings. The van der Waals surface area contributed by atoms with Crippen molar-refractivity contribution in [3.8, 4) is 0 Å². The van der Waals surface area contributed by atoms with Crippen molar-refractivity contribution in [2.24, 2.45) is 0 Å². The van der Waals surface area contributed by atoms with E-state index in [-0.39, 0.29) is 11.1 Å². The highest BCUT2D eigenvalue weighted by Crippen LogP contribution is 2.07. The van der Waals surface area contributed by atoms with E-state index in [1.165, 1.54) is 24.3 Å². The highest BCUT2D eigenvalue weighted by molar-refractivity contribution is 6.01. The van der Waals surface area contributed by atoms with Gasteiger partial charge in [0.05, 0.1) is 11.1 Å². The molecule has 1 aromatic carbocycles. The Morgan fingerprint density at radius 1 is 1.13 bits per heavy atom. The van der Waals surface area contributed by atoms with Gasteiger partial charge in [-0.3, -0.25) is 5.41 Å². The highest BCUT2D eigenvalue weighted by Gasteiger charge is 2.13. The summed E-state index contributed by atoms with van der Waals surface area (Å²) in [5.41, 5.74) is -0.380. The lowest BCUT2D eigenvalue weighted by Crippen LogP contribution is -2.06. The van der Waals surface area contributed by atoms with Gasteiger partial charge in [0.15, 0.2) is 0 Å². The van der Waals surface area contributed by atoms with Crippen LogP contribution in [0.2, 0.25) is 0 Å². The summed E-state index contributed by atoms with van der Waals surface area (Å²) < 4.78 is 0. The fourth-order valence-electron chi connectivity index (χ4n) is 0.856. The molecule has 15 heavy (non-hydrogen) atoms. The van der Waals surface area contributed by atoms with Gasteiger partial charge in [-0.05, 0) is 24.6 Å². The summed E-state index contributed by atoms with van der Waals surface area (Å²) >= 11 is 0. The number of carboxylic acids is 2. The zero-order valence-corrected chi connectivity index (χ0v) is 7.73. The summed E-state index contributed by atoms with van der Waals surface area (Å²) in [6, 6.07) is 5.48. The average Bonchev–Trinajstić information content (AvgIpc) is 2.19. The summed E-state index contributed by atoms with van der Waals surface area (Å²) in [5, 5.41) is 22.9. The van der Waals surface area contributed by atoms with Crippen LogP contribution in [0.15, 0.2) is 30.8 Å². The van der Waals surface area contributed by atoms with Gasteiger partial charge in [0.1, 0.15) is 0 Å². The lowest BCUT2D eigenvalue weighted by molar-refractivity contribution is 0.0651. The van der Waals surface area contributed by atoms with Crippen LogP contribution in [0.5, 0.6) is 0 Å². The second-order valence-electron chi connectivity index (χ2n) is 2.33. The van der Waals surface area contributed by atoms with Crippen LogP contribution in [0, 0.1) is 5.41 Å². The Morgan fingerprint density at radius 3 is 1.60 bits per heavy atom. The minimum atomic E-state index is -1.23. The maximum absolute atomic E-state index is 10.5. The van der Waals surface area contributed by atoms with E-state index < -0.39 is 11.9 Å². The van der Waals surface area contributed by atoms with Crippen molar-refractivity contribution in [1.29, 1.82) is 5.41 Å². The van der Waals surface area contributed by atoms with E-state index in [1.54, 1.807) is 5.87 Å². The molecule has 0 aromatic heterocycles. The molecule has 0 aliphatic rings. The first kappa shape index (κ1) is 12.6. The van der Waals surface area contributed by atoms with E-state index in [0.29, 0.717) is 0 Å². The van der Waals surface area contributed by atoms with E-state index in [0.717, 1.165) is 0 Å². The average molecular weight is 207 g/mol. The van der Waals surface area contributed by atoms with Gasteiger partial charge in [0.2, 0.25) is 0 Å². The number of carboxylic acid groups (broad SMARTS) is 2. The van der Waals surface area contributed by atoms with Gasteiger partial charge in [-0.15, -0.1) is 0 Å². The molecule has 0 amide bonds. The number of carbonyl (C=O) groups is 2. The van der Waals surface area contributed by atoms with Crippen molar-refractivity contribution in [2.75, 3.05) is 0 Å². The molecule has 5 nitrogen and oxygen atoms in total. The maximum Gasteiger partial charge on any atom is 0.336 e. The molecule has 0 heterocycles. The number of hydrogen-bond donors (Lipinski definition) is 3. The van der Waals surface area contributed by atoms with Crippen LogP contribution in [0.1, 0.15) is 20.7 Å². The molecule has 5 heteroatoms. The first-order valence-electron chi connectivity index (χ1n) is 3.79. The number of benzene rings is 1. The van der Waals surface area contributed by atoms with Crippen LogP contribution < -0.4 is 0 Å². The summed E-state index contributed by atoms with van der Waals surface area (Å²) in [5.74, 6) is -0.707. The van der Waals surface area contributed by atoms with E-state index >= 15 is 0 Å². The quantitative estimate of drug-likeness (QED) is 0.640. The molecule has 1 rings (SSSR count). The smallest absolute Gasteiger partial charge is 0.336 e. The van der Waals surface area contributed by atoms with Gasteiger partial charge >= 0.3 is 11.9 Å². The molecule has 78 valence electrons. The summed E-state index contributed by atoms with van der Waals surface area (Å²) in [6.45, 7) is 2.90. The maximum atomic E-state index is 10.5. The molecule has 0 aliphatic carbocycles. The van der Waals surface area contributed by atoms with E-state index in [9.17, 15) is 9.59 Å². The molecule has 0 aliphatic heterocycles. The molecule has 3 N–H and O–H groups in total. The SMILES string of the molecule is C=C=N.O=C(O)c1ccccc1C(=O)O. The molecule has 0 atom stereocenters. The Bertz CT molecular complexity index is 373. The molecule has 0 saturated heterocycles. The molecule has 0 bridgehead atoms. The number of hydrogen-bond acceptors (Lipinski definition) is 3. The van der Waals surface area contributed by atoms with Crippen molar-refractivity contribution < 1.29 is 19.8 Å². The fraction of sp³-hybridized carbons (Fsp3) is 0. The van der Waals surface area contributed by atoms with Gasteiger partial charge in [0, 0.05) is 0 Å². The van der Waals surface area contributed by atoms with Crippen LogP contribution in [0.3, 0.4) is 0 Å². The lowest BCUT2D eigenvalue weighted by Gasteiger charge is -1.98. The second kappa shape index (κ2) is 6.12. The topological polar surface area (TPSA) is 98.5 Å². The van der Waals surface area contributed by atoms with E-state index in [2.05, 4.69) is 6.58 Å². The summed E-state index contributed by atoms with van der Waals surface area (Å²) in [7, 11) is 0. The number of aromatic carboxylic acids is 2.